The Balaban J connectivity index is 2.01. The van der Waals surface area contributed by atoms with Crippen LogP contribution in [0.25, 0.3) is 0 Å². The highest BCUT2D eigenvalue weighted by atomic mass is 19.1. The standard InChI is InChI=1S/C16H22FN3/c1-2-8-20(12-15-4-3-7-19-15)11-14-6-5-13(10-18)9-16(14)17/h5-6,9,15,19H,2-4,7-8,11-12H2,1H3. The number of benzene rings is 1. The Morgan fingerprint density at radius 2 is 2.35 bits per heavy atom. The molecule has 0 amide bonds. The van der Waals surface area contributed by atoms with E-state index in [1.807, 2.05) is 6.07 Å². The summed E-state index contributed by atoms with van der Waals surface area (Å²) in [5, 5.41) is 12.3. The van der Waals surface area contributed by atoms with Gasteiger partial charge in [0.05, 0.1) is 11.6 Å². The number of nitrogens with one attached hydrogen (secondary N) is 1. The Morgan fingerprint density at radius 3 is 2.95 bits per heavy atom. The number of halogens is 1. The Hall–Kier alpha value is -1.44. The molecule has 1 aromatic rings. The molecule has 1 saturated heterocycles. The Kier molecular flexibility index (Phi) is 5.51. The fourth-order valence-corrected chi connectivity index (χ4v) is 2.76. The van der Waals surface area contributed by atoms with Crippen LogP contribution in [0, 0.1) is 17.1 Å². The fraction of sp³-hybridized carbons (Fsp3) is 0.562. The molecule has 1 N–H and O–H groups in total. The van der Waals surface area contributed by atoms with E-state index in [-0.39, 0.29) is 5.82 Å². The average molecular weight is 275 g/mol. The van der Waals surface area contributed by atoms with Crippen molar-refractivity contribution in [3.05, 3.63) is 35.1 Å². The second-order valence-electron chi connectivity index (χ2n) is 5.45. The van der Waals surface area contributed by atoms with E-state index in [0.29, 0.717) is 23.7 Å². The van der Waals surface area contributed by atoms with E-state index in [4.69, 9.17) is 5.26 Å². The molecule has 3 nitrogen and oxygen atoms in total. The molecule has 1 fully saturated rings. The Morgan fingerprint density at radius 1 is 1.50 bits per heavy atom. The third-order valence-corrected chi connectivity index (χ3v) is 3.76. The molecule has 0 spiro atoms. The van der Waals surface area contributed by atoms with Gasteiger partial charge < -0.3 is 5.32 Å². The molecule has 1 atom stereocenters. The summed E-state index contributed by atoms with van der Waals surface area (Å²) in [6.07, 6.45) is 3.50. The van der Waals surface area contributed by atoms with Crippen molar-refractivity contribution in [2.24, 2.45) is 0 Å². The lowest BCUT2D eigenvalue weighted by atomic mass is 10.1. The third kappa shape index (κ3) is 4.03. The molecule has 20 heavy (non-hydrogen) atoms. The maximum Gasteiger partial charge on any atom is 0.129 e. The van der Waals surface area contributed by atoms with Crippen molar-refractivity contribution in [1.29, 1.82) is 5.26 Å². The van der Waals surface area contributed by atoms with Gasteiger partial charge in [0.25, 0.3) is 0 Å². The predicted octanol–water partition coefficient (Wildman–Crippen LogP) is 2.66. The monoisotopic (exact) mass is 275 g/mol. The molecule has 0 aliphatic carbocycles. The molecule has 1 aromatic carbocycles. The van der Waals surface area contributed by atoms with Crippen molar-refractivity contribution in [2.75, 3.05) is 19.6 Å². The van der Waals surface area contributed by atoms with Crippen molar-refractivity contribution in [1.82, 2.24) is 10.2 Å². The number of nitrogens with zero attached hydrogens (tertiary/aromatic N) is 2. The summed E-state index contributed by atoms with van der Waals surface area (Å²) in [6, 6.07) is 7.25. The van der Waals surface area contributed by atoms with E-state index in [1.54, 1.807) is 12.1 Å². The number of hydrogen-bond acceptors (Lipinski definition) is 3. The van der Waals surface area contributed by atoms with Crippen LogP contribution in [0.15, 0.2) is 18.2 Å². The predicted molar refractivity (Wildman–Crippen MR) is 77.7 cm³/mol. The molecule has 0 saturated carbocycles. The van der Waals surface area contributed by atoms with E-state index in [1.165, 1.54) is 18.9 Å². The van der Waals surface area contributed by atoms with Gasteiger partial charge in [0.15, 0.2) is 0 Å². The molecule has 1 unspecified atom stereocenters. The molecule has 108 valence electrons. The van der Waals surface area contributed by atoms with Gasteiger partial charge in [-0.1, -0.05) is 13.0 Å². The second-order valence-corrected chi connectivity index (χ2v) is 5.45. The molecule has 1 aliphatic rings. The van der Waals surface area contributed by atoms with Gasteiger partial charge in [-0.15, -0.1) is 0 Å². The van der Waals surface area contributed by atoms with Crippen LogP contribution < -0.4 is 5.32 Å². The van der Waals surface area contributed by atoms with Gasteiger partial charge in [-0.25, -0.2) is 4.39 Å². The molecule has 0 bridgehead atoms. The van der Waals surface area contributed by atoms with Gasteiger partial charge in [-0.05, 0) is 44.5 Å². The van der Waals surface area contributed by atoms with Crippen molar-refractivity contribution >= 4 is 0 Å². The number of hydrogen-bond donors (Lipinski definition) is 1. The first-order valence-corrected chi connectivity index (χ1v) is 7.37. The van der Waals surface area contributed by atoms with E-state index in [9.17, 15) is 4.39 Å². The summed E-state index contributed by atoms with van der Waals surface area (Å²) in [6.45, 7) is 5.79. The van der Waals surface area contributed by atoms with Crippen molar-refractivity contribution in [3.63, 3.8) is 0 Å². The summed E-state index contributed by atoms with van der Waals surface area (Å²) in [5.41, 5.74) is 1.06. The minimum absolute atomic E-state index is 0.274. The van der Waals surface area contributed by atoms with Crippen LogP contribution in [0.1, 0.15) is 37.3 Å². The quantitative estimate of drug-likeness (QED) is 0.867. The van der Waals surface area contributed by atoms with E-state index in [2.05, 4.69) is 17.1 Å². The van der Waals surface area contributed by atoms with E-state index >= 15 is 0 Å². The van der Waals surface area contributed by atoms with Crippen LogP contribution in [0.2, 0.25) is 0 Å². The summed E-state index contributed by atoms with van der Waals surface area (Å²) in [4.78, 5) is 2.30. The summed E-state index contributed by atoms with van der Waals surface area (Å²) in [7, 11) is 0. The summed E-state index contributed by atoms with van der Waals surface area (Å²) < 4.78 is 14.0. The first-order valence-electron chi connectivity index (χ1n) is 7.37. The highest BCUT2D eigenvalue weighted by Crippen LogP contribution is 2.15. The highest BCUT2D eigenvalue weighted by Gasteiger charge is 2.18. The van der Waals surface area contributed by atoms with Gasteiger partial charge in [-0.2, -0.15) is 5.26 Å². The molecular formula is C16H22FN3. The minimum atomic E-state index is -0.274. The number of rotatable bonds is 6. The maximum atomic E-state index is 14.0. The van der Waals surface area contributed by atoms with Gasteiger partial charge in [0, 0.05) is 24.7 Å². The molecule has 1 heterocycles. The first-order chi connectivity index (χ1) is 9.72. The number of nitriles is 1. The average Bonchev–Trinajstić information content (AvgIpc) is 2.94. The van der Waals surface area contributed by atoms with E-state index < -0.39 is 0 Å². The molecule has 0 aromatic heterocycles. The second kappa shape index (κ2) is 7.37. The zero-order valence-corrected chi connectivity index (χ0v) is 12.0. The van der Waals surface area contributed by atoms with Crippen LogP contribution in [-0.4, -0.2) is 30.6 Å². The van der Waals surface area contributed by atoms with Gasteiger partial charge >= 0.3 is 0 Å². The molecular weight excluding hydrogens is 253 g/mol. The summed E-state index contributed by atoms with van der Waals surface area (Å²) in [5.74, 6) is -0.274. The molecule has 0 radical (unpaired) electrons. The van der Waals surface area contributed by atoms with Gasteiger partial charge in [0.1, 0.15) is 5.82 Å². The third-order valence-electron chi connectivity index (χ3n) is 3.76. The SMILES string of the molecule is CCCN(Cc1ccc(C#N)cc1F)CC1CCCN1. The normalized spacial score (nSPS) is 18.4. The van der Waals surface area contributed by atoms with Gasteiger partial charge in [-0.3, -0.25) is 4.90 Å². The van der Waals surface area contributed by atoms with Crippen LogP contribution >= 0.6 is 0 Å². The topological polar surface area (TPSA) is 39.1 Å². The highest BCUT2D eigenvalue weighted by molar-refractivity contribution is 5.32. The largest absolute Gasteiger partial charge is 0.313 e. The molecule has 4 heteroatoms. The van der Waals surface area contributed by atoms with Crippen LogP contribution in [0.4, 0.5) is 4.39 Å². The van der Waals surface area contributed by atoms with E-state index in [0.717, 1.165) is 26.1 Å². The fourth-order valence-electron chi connectivity index (χ4n) is 2.76. The van der Waals surface area contributed by atoms with Crippen LogP contribution in [-0.2, 0) is 6.54 Å². The van der Waals surface area contributed by atoms with Crippen molar-refractivity contribution < 1.29 is 4.39 Å². The lowest BCUT2D eigenvalue weighted by molar-refractivity contribution is 0.238. The smallest absolute Gasteiger partial charge is 0.129 e. The Bertz CT molecular complexity index is 475. The Labute approximate surface area is 120 Å². The lowest BCUT2D eigenvalue weighted by Gasteiger charge is -2.25. The summed E-state index contributed by atoms with van der Waals surface area (Å²) >= 11 is 0. The van der Waals surface area contributed by atoms with Crippen molar-refractivity contribution in [2.45, 2.75) is 38.8 Å². The van der Waals surface area contributed by atoms with Gasteiger partial charge in [0.2, 0.25) is 0 Å². The lowest BCUT2D eigenvalue weighted by Crippen LogP contribution is -2.37. The maximum absolute atomic E-state index is 14.0. The van der Waals surface area contributed by atoms with Crippen molar-refractivity contribution in [3.8, 4) is 6.07 Å². The zero-order valence-electron chi connectivity index (χ0n) is 12.0. The van der Waals surface area contributed by atoms with Crippen LogP contribution in [0.3, 0.4) is 0 Å². The van der Waals surface area contributed by atoms with Crippen LogP contribution in [0.5, 0.6) is 0 Å². The first kappa shape index (κ1) is 15.0. The molecule has 1 aliphatic heterocycles. The minimum Gasteiger partial charge on any atom is -0.313 e. The zero-order chi connectivity index (χ0) is 14.4. The molecule has 2 rings (SSSR count).